The number of hydrogen-bond acceptors (Lipinski definition) is 3. The summed E-state index contributed by atoms with van der Waals surface area (Å²) in [7, 11) is 0. The van der Waals surface area contributed by atoms with E-state index >= 15 is 0 Å². The van der Waals surface area contributed by atoms with Gasteiger partial charge in [-0.2, -0.15) is 9.78 Å². The predicted octanol–water partition coefficient (Wildman–Crippen LogP) is 1.28. The fourth-order valence-electron chi connectivity index (χ4n) is 3.08. The summed E-state index contributed by atoms with van der Waals surface area (Å²) >= 11 is 0. The fraction of sp³-hybridized carbons (Fsp3) is 0.583. The second-order valence-corrected chi connectivity index (χ2v) is 5.09. The lowest BCUT2D eigenvalue weighted by Crippen LogP contribution is -2.33. The van der Waals surface area contributed by atoms with Crippen molar-refractivity contribution in [3.8, 4) is 0 Å². The van der Waals surface area contributed by atoms with Crippen LogP contribution in [-0.4, -0.2) is 44.9 Å². The molecule has 96 valence electrons. The molecule has 0 bridgehead atoms. The Morgan fingerprint density at radius 3 is 2.50 bits per heavy atom. The number of aromatic carboxylic acids is 1. The Labute approximate surface area is 104 Å². The first kappa shape index (κ1) is 11.3. The monoisotopic (exact) mass is 249 g/mol. The van der Waals surface area contributed by atoms with Gasteiger partial charge in [-0.3, -0.25) is 0 Å². The summed E-state index contributed by atoms with van der Waals surface area (Å²) in [5.74, 6) is 0.145. The molecule has 1 unspecified atom stereocenters. The number of hydrogen-bond donors (Lipinski definition) is 1. The van der Waals surface area contributed by atoms with Gasteiger partial charge in [0.15, 0.2) is 5.69 Å². The summed E-state index contributed by atoms with van der Waals surface area (Å²) in [6.45, 7) is 1.57. The van der Waals surface area contributed by atoms with E-state index in [-0.39, 0.29) is 11.7 Å². The molecule has 0 spiro atoms. The molecule has 1 aromatic heterocycles. The molecule has 6 heteroatoms. The van der Waals surface area contributed by atoms with E-state index in [1.165, 1.54) is 31.5 Å². The van der Waals surface area contributed by atoms with Gasteiger partial charge in [0.25, 0.3) is 0 Å². The Hall–Kier alpha value is -1.85. The smallest absolute Gasteiger partial charge is 0.356 e. The van der Waals surface area contributed by atoms with Crippen LogP contribution in [-0.2, 0) is 0 Å². The van der Waals surface area contributed by atoms with Crippen LogP contribution in [0.3, 0.4) is 0 Å². The SMILES string of the molecule is O=C(O)c1ccn(C(=O)N2CC3CCC[C@H]3C2)n1. The zero-order valence-electron chi connectivity index (χ0n) is 9.95. The normalized spacial score (nSPS) is 26.3. The van der Waals surface area contributed by atoms with E-state index < -0.39 is 5.97 Å². The van der Waals surface area contributed by atoms with Gasteiger partial charge in [-0.15, -0.1) is 0 Å². The standard InChI is InChI=1S/C12H15N3O3/c16-11(17)10-4-5-15(13-10)12(18)14-6-8-2-1-3-9(8)7-14/h4-5,8-9H,1-3,6-7H2,(H,16,17)/t8-,9?/m0/s1. The molecule has 18 heavy (non-hydrogen) atoms. The van der Waals surface area contributed by atoms with Gasteiger partial charge in [0.05, 0.1) is 0 Å². The topological polar surface area (TPSA) is 75.4 Å². The van der Waals surface area contributed by atoms with Crippen molar-refractivity contribution in [2.45, 2.75) is 19.3 Å². The third-order valence-corrected chi connectivity index (χ3v) is 4.00. The third-order valence-electron chi connectivity index (χ3n) is 4.00. The number of likely N-dealkylation sites (tertiary alicyclic amines) is 1. The first-order valence-corrected chi connectivity index (χ1v) is 6.23. The summed E-state index contributed by atoms with van der Waals surface area (Å²) in [4.78, 5) is 24.6. The number of rotatable bonds is 1. The maximum Gasteiger partial charge on any atom is 0.356 e. The molecule has 1 amide bonds. The quantitative estimate of drug-likeness (QED) is 0.813. The number of fused-ring (bicyclic) bond motifs is 1. The van der Waals surface area contributed by atoms with Crippen LogP contribution >= 0.6 is 0 Å². The second kappa shape index (κ2) is 4.12. The number of carbonyl (C=O) groups excluding carboxylic acids is 1. The highest BCUT2D eigenvalue weighted by atomic mass is 16.4. The molecule has 2 heterocycles. The molecule has 1 aromatic rings. The number of amides is 1. The minimum atomic E-state index is -1.11. The maximum absolute atomic E-state index is 12.1. The molecule has 1 saturated carbocycles. The molecule has 1 saturated heterocycles. The van der Waals surface area contributed by atoms with Crippen molar-refractivity contribution in [1.29, 1.82) is 0 Å². The van der Waals surface area contributed by atoms with Crippen LogP contribution in [0.15, 0.2) is 12.3 Å². The molecule has 1 aliphatic heterocycles. The van der Waals surface area contributed by atoms with E-state index in [0.717, 1.165) is 17.8 Å². The summed E-state index contributed by atoms with van der Waals surface area (Å²) in [5, 5.41) is 12.5. The van der Waals surface area contributed by atoms with Crippen LogP contribution in [0.2, 0.25) is 0 Å². The highest BCUT2D eigenvalue weighted by molar-refractivity contribution is 5.86. The van der Waals surface area contributed by atoms with Crippen molar-refractivity contribution in [3.05, 3.63) is 18.0 Å². The van der Waals surface area contributed by atoms with E-state index in [4.69, 9.17) is 5.11 Å². The van der Waals surface area contributed by atoms with Crippen LogP contribution in [0, 0.1) is 11.8 Å². The van der Waals surface area contributed by atoms with Crippen LogP contribution in [0.4, 0.5) is 4.79 Å². The third kappa shape index (κ3) is 1.77. The van der Waals surface area contributed by atoms with Gasteiger partial charge >= 0.3 is 12.0 Å². The average molecular weight is 249 g/mol. The fourth-order valence-corrected chi connectivity index (χ4v) is 3.08. The lowest BCUT2D eigenvalue weighted by Gasteiger charge is -2.16. The van der Waals surface area contributed by atoms with Gasteiger partial charge in [0.1, 0.15) is 0 Å². The number of carbonyl (C=O) groups is 2. The zero-order chi connectivity index (χ0) is 12.7. The minimum absolute atomic E-state index is 0.0947. The Bertz CT molecular complexity index is 485. The van der Waals surface area contributed by atoms with E-state index in [1.807, 2.05) is 0 Å². The van der Waals surface area contributed by atoms with E-state index in [9.17, 15) is 9.59 Å². The van der Waals surface area contributed by atoms with Gasteiger partial charge in [-0.25, -0.2) is 9.59 Å². The van der Waals surface area contributed by atoms with Gasteiger partial charge in [-0.05, 0) is 30.7 Å². The second-order valence-electron chi connectivity index (χ2n) is 5.09. The maximum atomic E-state index is 12.1. The van der Waals surface area contributed by atoms with Crippen LogP contribution in [0.25, 0.3) is 0 Å². The molecule has 6 nitrogen and oxygen atoms in total. The predicted molar refractivity (Wildman–Crippen MR) is 62.4 cm³/mol. The Morgan fingerprint density at radius 2 is 1.94 bits per heavy atom. The van der Waals surface area contributed by atoms with Crippen molar-refractivity contribution < 1.29 is 14.7 Å². The summed E-state index contributed by atoms with van der Waals surface area (Å²) in [5.41, 5.74) is -0.0947. The summed E-state index contributed by atoms with van der Waals surface area (Å²) in [6, 6.07) is 1.13. The summed E-state index contributed by atoms with van der Waals surface area (Å²) < 4.78 is 1.13. The van der Waals surface area contributed by atoms with E-state index in [0.29, 0.717) is 11.8 Å². The number of carboxylic acid groups (broad SMARTS) is 1. The highest BCUT2D eigenvalue weighted by Gasteiger charge is 2.38. The molecule has 2 aliphatic rings. The molecule has 1 aliphatic carbocycles. The Kier molecular flexibility index (Phi) is 2.57. The molecule has 2 atom stereocenters. The van der Waals surface area contributed by atoms with Gasteiger partial charge in [-0.1, -0.05) is 6.42 Å². The largest absolute Gasteiger partial charge is 0.476 e. The molecule has 0 aromatic carbocycles. The first-order valence-electron chi connectivity index (χ1n) is 6.23. The van der Waals surface area contributed by atoms with Gasteiger partial charge in [0, 0.05) is 19.3 Å². The lowest BCUT2D eigenvalue weighted by atomic mass is 10.0. The van der Waals surface area contributed by atoms with Gasteiger partial charge < -0.3 is 10.0 Å². The van der Waals surface area contributed by atoms with Crippen molar-refractivity contribution >= 4 is 12.0 Å². The van der Waals surface area contributed by atoms with Crippen molar-refractivity contribution in [2.24, 2.45) is 11.8 Å². The van der Waals surface area contributed by atoms with Crippen LogP contribution in [0.5, 0.6) is 0 Å². The first-order chi connectivity index (χ1) is 8.65. The van der Waals surface area contributed by atoms with Crippen LogP contribution < -0.4 is 0 Å². The molecular weight excluding hydrogens is 234 g/mol. The highest BCUT2D eigenvalue weighted by Crippen LogP contribution is 2.37. The van der Waals surface area contributed by atoms with Crippen molar-refractivity contribution in [1.82, 2.24) is 14.7 Å². The van der Waals surface area contributed by atoms with Gasteiger partial charge in [0.2, 0.25) is 0 Å². The number of carboxylic acids is 1. The number of aromatic nitrogens is 2. The Morgan fingerprint density at radius 1 is 1.28 bits per heavy atom. The molecule has 3 rings (SSSR count). The Balaban J connectivity index is 1.72. The number of nitrogens with zero attached hydrogens (tertiary/aromatic N) is 3. The average Bonchev–Trinajstić information content (AvgIpc) is 3.02. The molecule has 1 N–H and O–H groups in total. The van der Waals surface area contributed by atoms with Crippen molar-refractivity contribution in [2.75, 3.05) is 13.1 Å². The molecule has 0 radical (unpaired) electrons. The summed E-state index contributed by atoms with van der Waals surface area (Å²) in [6.07, 6.45) is 5.09. The van der Waals surface area contributed by atoms with Crippen LogP contribution in [0.1, 0.15) is 29.8 Å². The minimum Gasteiger partial charge on any atom is -0.476 e. The van der Waals surface area contributed by atoms with E-state index in [1.54, 1.807) is 4.90 Å². The zero-order valence-corrected chi connectivity index (χ0v) is 9.95. The lowest BCUT2D eigenvalue weighted by molar-refractivity contribution is 0.0690. The molecule has 2 fully saturated rings. The molecular formula is C12H15N3O3. The van der Waals surface area contributed by atoms with Crippen molar-refractivity contribution in [3.63, 3.8) is 0 Å². The van der Waals surface area contributed by atoms with E-state index in [2.05, 4.69) is 5.10 Å².